The average Bonchev–Trinajstić information content (AvgIpc) is 2.46. The molecular weight excluding hydrogens is 272 g/mol. The van der Waals surface area contributed by atoms with Gasteiger partial charge in [0.05, 0.1) is 0 Å². The highest BCUT2D eigenvalue weighted by Gasteiger charge is 2.18. The fraction of sp³-hybridized carbons (Fsp3) is 0.647. The van der Waals surface area contributed by atoms with Crippen LogP contribution in [0.2, 0.25) is 0 Å². The van der Waals surface area contributed by atoms with Crippen LogP contribution in [-0.2, 0) is 0 Å². The summed E-state index contributed by atoms with van der Waals surface area (Å²) in [5.74, 6) is 1.85. The SMILES string of the molecule is CC1CCC(CNC(C)c2ccc(OC(F)F)cc2)CC1. The fourth-order valence-corrected chi connectivity index (χ4v) is 2.93. The first kappa shape index (κ1) is 16.2. The Bertz CT molecular complexity index is 413. The standard InChI is InChI=1S/C17H25F2NO/c1-12-3-5-14(6-4-12)11-20-13(2)15-7-9-16(10-8-15)21-17(18)19/h7-10,12-14,17,20H,3-6,11H2,1-2H3. The molecule has 1 aliphatic carbocycles. The van der Waals surface area contributed by atoms with Gasteiger partial charge in [0.1, 0.15) is 5.75 Å². The van der Waals surface area contributed by atoms with Crippen molar-refractivity contribution in [1.29, 1.82) is 0 Å². The van der Waals surface area contributed by atoms with Gasteiger partial charge in [0.15, 0.2) is 0 Å². The molecule has 1 fully saturated rings. The van der Waals surface area contributed by atoms with E-state index in [0.717, 1.165) is 23.9 Å². The van der Waals surface area contributed by atoms with Crippen molar-refractivity contribution in [3.8, 4) is 5.75 Å². The molecular formula is C17H25F2NO. The highest BCUT2D eigenvalue weighted by molar-refractivity contribution is 5.28. The number of halogens is 2. The molecule has 4 heteroatoms. The molecule has 1 N–H and O–H groups in total. The van der Waals surface area contributed by atoms with E-state index >= 15 is 0 Å². The minimum absolute atomic E-state index is 0.210. The molecule has 0 radical (unpaired) electrons. The first-order chi connectivity index (χ1) is 10.0. The summed E-state index contributed by atoms with van der Waals surface area (Å²) in [4.78, 5) is 0. The van der Waals surface area contributed by atoms with Crippen molar-refractivity contribution >= 4 is 0 Å². The first-order valence-electron chi connectivity index (χ1n) is 7.82. The van der Waals surface area contributed by atoms with E-state index in [2.05, 4.69) is 23.9 Å². The zero-order chi connectivity index (χ0) is 15.2. The van der Waals surface area contributed by atoms with Gasteiger partial charge in [-0.15, -0.1) is 0 Å². The molecule has 1 unspecified atom stereocenters. The molecule has 1 saturated carbocycles. The molecule has 1 aromatic carbocycles. The molecule has 2 nitrogen and oxygen atoms in total. The van der Waals surface area contributed by atoms with E-state index in [4.69, 9.17) is 0 Å². The number of hydrogen-bond donors (Lipinski definition) is 1. The van der Waals surface area contributed by atoms with Crippen LogP contribution in [0.3, 0.4) is 0 Å². The average molecular weight is 297 g/mol. The van der Waals surface area contributed by atoms with Crippen molar-refractivity contribution < 1.29 is 13.5 Å². The summed E-state index contributed by atoms with van der Waals surface area (Å²) in [5.41, 5.74) is 1.10. The summed E-state index contributed by atoms with van der Waals surface area (Å²) in [6, 6.07) is 7.12. The van der Waals surface area contributed by atoms with Gasteiger partial charge in [-0.25, -0.2) is 0 Å². The molecule has 0 spiro atoms. The number of nitrogens with one attached hydrogen (secondary N) is 1. The summed E-state index contributed by atoms with van der Waals surface area (Å²) in [7, 11) is 0. The van der Waals surface area contributed by atoms with Crippen molar-refractivity contribution in [2.45, 2.75) is 52.2 Å². The van der Waals surface area contributed by atoms with Crippen molar-refractivity contribution in [3.63, 3.8) is 0 Å². The summed E-state index contributed by atoms with van der Waals surface area (Å²) >= 11 is 0. The van der Waals surface area contributed by atoms with Gasteiger partial charge in [-0.05, 0) is 55.8 Å². The van der Waals surface area contributed by atoms with Crippen molar-refractivity contribution in [3.05, 3.63) is 29.8 Å². The van der Waals surface area contributed by atoms with Crippen LogP contribution >= 0.6 is 0 Å². The number of benzene rings is 1. The Kier molecular flexibility index (Phi) is 5.97. The minimum atomic E-state index is -2.76. The largest absolute Gasteiger partial charge is 0.435 e. The first-order valence-corrected chi connectivity index (χ1v) is 7.82. The van der Waals surface area contributed by atoms with E-state index in [1.165, 1.54) is 25.7 Å². The van der Waals surface area contributed by atoms with Crippen LogP contribution in [0.25, 0.3) is 0 Å². The molecule has 0 amide bonds. The van der Waals surface area contributed by atoms with E-state index in [9.17, 15) is 8.78 Å². The van der Waals surface area contributed by atoms with Gasteiger partial charge in [0, 0.05) is 6.04 Å². The summed E-state index contributed by atoms with van der Waals surface area (Å²) in [6.07, 6.45) is 5.28. The summed E-state index contributed by atoms with van der Waals surface area (Å²) < 4.78 is 28.6. The molecule has 0 heterocycles. The lowest BCUT2D eigenvalue weighted by Crippen LogP contribution is -2.28. The predicted molar refractivity (Wildman–Crippen MR) is 80.6 cm³/mol. The molecule has 2 rings (SSSR count). The van der Waals surface area contributed by atoms with Crippen LogP contribution < -0.4 is 10.1 Å². The lowest BCUT2D eigenvalue weighted by Gasteiger charge is -2.27. The third kappa shape index (κ3) is 5.27. The smallest absolute Gasteiger partial charge is 0.387 e. The van der Waals surface area contributed by atoms with Crippen LogP contribution in [0.1, 0.15) is 51.1 Å². The molecule has 0 saturated heterocycles. The maximum atomic E-state index is 12.1. The van der Waals surface area contributed by atoms with E-state index < -0.39 is 6.61 Å². The van der Waals surface area contributed by atoms with Crippen molar-refractivity contribution in [1.82, 2.24) is 5.32 Å². The highest BCUT2D eigenvalue weighted by Crippen LogP contribution is 2.28. The second kappa shape index (κ2) is 7.74. The Labute approximate surface area is 125 Å². The maximum absolute atomic E-state index is 12.1. The third-order valence-corrected chi connectivity index (χ3v) is 4.45. The Morgan fingerprint density at radius 3 is 2.33 bits per heavy atom. The minimum Gasteiger partial charge on any atom is -0.435 e. The zero-order valence-electron chi connectivity index (χ0n) is 12.8. The van der Waals surface area contributed by atoms with Gasteiger partial charge >= 0.3 is 6.61 Å². The van der Waals surface area contributed by atoms with Gasteiger partial charge in [0.25, 0.3) is 0 Å². The van der Waals surface area contributed by atoms with E-state index in [1.807, 2.05) is 12.1 Å². The normalized spacial score (nSPS) is 24.0. The number of hydrogen-bond acceptors (Lipinski definition) is 2. The van der Waals surface area contributed by atoms with Crippen LogP contribution in [-0.4, -0.2) is 13.2 Å². The topological polar surface area (TPSA) is 21.3 Å². The van der Waals surface area contributed by atoms with Gasteiger partial charge in [-0.1, -0.05) is 31.9 Å². The Hall–Kier alpha value is -1.16. The fourth-order valence-electron chi connectivity index (χ4n) is 2.93. The zero-order valence-corrected chi connectivity index (χ0v) is 12.8. The quantitative estimate of drug-likeness (QED) is 0.817. The Morgan fingerprint density at radius 2 is 1.76 bits per heavy atom. The van der Waals surface area contributed by atoms with Gasteiger partial charge in [-0.3, -0.25) is 0 Å². The Morgan fingerprint density at radius 1 is 1.14 bits per heavy atom. The predicted octanol–water partition coefficient (Wildman–Crippen LogP) is 4.76. The molecule has 1 aliphatic rings. The van der Waals surface area contributed by atoms with Crippen LogP contribution in [0.5, 0.6) is 5.75 Å². The second-order valence-electron chi connectivity index (χ2n) is 6.20. The third-order valence-electron chi connectivity index (χ3n) is 4.45. The molecule has 0 bridgehead atoms. The lowest BCUT2D eigenvalue weighted by molar-refractivity contribution is -0.0498. The van der Waals surface area contributed by atoms with Gasteiger partial charge in [0.2, 0.25) is 0 Å². The Balaban J connectivity index is 1.78. The highest BCUT2D eigenvalue weighted by atomic mass is 19.3. The number of rotatable bonds is 6. The van der Waals surface area contributed by atoms with Crippen LogP contribution in [0, 0.1) is 11.8 Å². The molecule has 118 valence electrons. The van der Waals surface area contributed by atoms with Crippen molar-refractivity contribution in [2.75, 3.05) is 6.54 Å². The van der Waals surface area contributed by atoms with Crippen LogP contribution in [0.15, 0.2) is 24.3 Å². The van der Waals surface area contributed by atoms with E-state index in [-0.39, 0.29) is 11.8 Å². The van der Waals surface area contributed by atoms with Gasteiger partial charge < -0.3 is 10.1 Å². The second-order valence-corrected chi connectivity index (χ2v) is 6.20. The van der Waals surface area contributed by atoms with Gasteiger partial charge in [-0.2, -0.15) is 8.78 Å². The van der Waals surface area contributed by atoms with Crippen molar-refractivity contribution in [2.24, 2.45) is 11.8 Å². The van der Waals surface area contributed by atoms with E-state index in [0.29, 0.717) is 0 Å². The molecule has 0 aliphatic heterocycles. The molecule has 21 heavy (non-hydrogen) atoms. The lowest BCUT2D eigenvalue weighted by atomic mass is 9.83. The number of ether oxygens (including phenoxy) is 1. The summed E-state index contributed by atoms with van der Waals surface area (Å²) in [5, 5.41) is 3.55. The maximum Gasteiger partial charge on any atom is 0.387 e. The molecule has 1 atom stereocenters. The number of alkyl halides is 2. The van der Waals surface area contributed by atoms with Crippen LogP contribution in [0.4, 0.5) is 8.78 Å². The molecule has 0 aromatic heterocycles. The monoisotopic (exact) mass is 297 g/mol. The summed E-state index contributed by atoms with van der Waals surface area (Å²) in [6.45, 7) is 2.70. The molecule has 1 aromatic rings. The van der Waals surface area contributed by atoms with E-state index in [1.54, 1.807) is 12.1 Å².